The molecular formula is C15H22N4O2. The number of pyridine rings is 1. The Kier molecular flexibility index (Phi) is 4.45. The van der Waals surface area contributed by atoms with Gasteiger partial charge in [-0.15, -0.1) is 0 Å². The normalized spacial score (nSPS) is 12.6. The van der Waals surface area contributed by atoms with E-state index >= 15 is 0 Å². The van der Waals surface area contributed by atoms with Gasteiger partial charge in [-0.25, -0.2) is 9.78 Å². The van der Waals surface area contributed by atoms with E-state index in [0.29, 0.717) is 11.6 Å². The van der Waals surface area contributed by atoms with Crippen molar-refractivity contribution in [2.24, 2.45) is 13.0 Å². The fraction of sp³-hybridized carbons (Fsp3) is 0.533. The van der Waals surface area contributed by atoms with E-state index in [1.54, 1.807) is 10.9 Å². The lowest BCUT2D eigenvalue weighted by Gasteiger charge is -2.27. The Labute approximate surface area is 124 Å². The van der Waals surface area contributed by atoms with Crippen molar-refractivity contribution in [3.63, 3.8) is 0 Å². The van der Waals surface area contributed by atoms with Crippen molar-refractivity contribution < 1.29 is 9.90 Å². The highest BCUT2D eigenvalue weighted by atomic mass is 16.4. The first-order valence-corrected chi connectivity index (χ1v) is 7.28. The van der Waals surface area contributed by atoms with Crippen LogP contribution >= 0.6 is 0 Å². The molecule has 114 valence electrons. The second kappa shape index (κ2) is 6.11. The molecule has 0 aliphatic heterocycles. The molecule has 0 spiro atoms. The van der Waals surface area contributed by atoms with E-state index in [0.717, 1.165) is 30.6 Å². The number of fused-ring (bicyclic) bond motifs is 1. The summed E-state index contributed by atoms with van der Waals surface area (Å²) in [6, 6.07) is 0. The third-order valence-corrected chi connectivity index (χ3v) is 3.89. The summed E-state index contributed by atoms with van der Waals surface area (Å²) >= 11 is 0. The average molecular weight is 290 g/mol. The smallest absolute Gasteiger partial charge is 0.339 e. The third kappa shape index (κ3) is 2.84. The van der Waals surface area contributed by atoms with Crippen molar-refractivity contribution in [2.75, 3.05) is 18.0 Å². The second-order valence-corrected chi connectivity index (χ2v) is 5.38. The van der Waals surface area contributed by atoms with E-state index in [1.165, 1.54) is 6.20 Å². The number of anilines is 1. The van der Waals surface area contributed by atoms with E-state index < -0.39 is 5.97 Å². The molecule has 0 amide bonds. The molecule has 1 unspecified atom stereocenters. The number of carbonyl (C=O) groups is 1. The Morgan fingerprint density at radius 3 is 2.71 bits per heavy atom. The predicted octanol–water partition coefficient (Wildman–Crippen LogP) is 2.54. The maximum absolute atomic E-state index is 11.6. The summed E-state index contributed by atoms with van der Waals surface area (Å²) in [6.07, 6.45) is 4.19. The lowest BCUT2D eigenvalue weighted by atomic mass is 10.1. The van der Waals surface area contributed by atoms with E-state index in [1.807, 2.05) is 14.0 Å². The number of nitrogens with zero attached hydrogens (tertiary/aromatic N) is 4. The van der Waals surface area contributed by atoms with Crippen molar-refractivity contribution in [1.29, 1.82) is 0 Å². The van der Waals surface area contributed by atoms with Crippen LogP contribution < -0.4 is 4.90 Å². The van der Waals surface area contributed by atoms with Crippen molar-refractivity contribution >= 4 is 22.7 Å². The molecule has 6 nitrogen and oxygen atoms in total. The van der Waals surface area contributed by atoms with E-state index in [2.05, 4.69) is 28.8 Å². The largest absolute Gasteiger partial charge is 0.478 e. The van der Waals surface area contributed by atoms with Crippen LogP contribution in [0.15, 0.2) is 12.4 Å². The number of aryl methyl sites for hydroxylation is 1. The number of rotatable bonds is 6. The van der Waals surface area contributed by atoms with Crippen LogP contribution in [0.4, 0.5) is 5.69 Å². The number of hydrogen-bond acceptors (Lipinski definition) is 4. The van der Waals surface area contributed by atoms with Crippen molar-refractivity contribution in [3.8, 4) is 0 Å². The van der Waals surface area contributed by atoms with Gasteiger partial charge in [-0.2, -0.15) is 5.10 Å². The van der Waals surface area contributed by atoms with Crippen LogP contribution in [0.3, 0.4) is 0 Å². The topological polar surface area (TPSA) is 71.2 Å². The number of hydrogen-bond donors (Lipinski definition) is 1. The molecule has 2 heterocycles. The average Bonchev–Trinajstić information content (AvgIpc) is 2.85. The molecule has 2 aromatic heterocycles. The fourth-order valence-corrected chi connectivity index (χ4v) is 2.46. The Morgan fingerprint density at radius 2 is 2.14 bits per heavy atom. The van der Waals surface area contributed by atoms with Crippen LogP contribution in [0.25, 0.3) is 11.0 Å². The van der Waals surface area contributed by atoms with Gasteiger partial charge < -0.3 is 10.0 Å². The Bertz CT molecular complexity index is 650. The zero-order valence-electron chi connectivity index (χ0n) is 13.0. The molecule has 2 aromatic rings. The van der Waals surface area contributed by atoms with Crippen LogP contribution in [-0.4, -0.2) is 38.9 Å². The van der Waals surface area contributed by atoms with E-state index in [9.17, 15) is 9.90 Å². The van der Waals surface area contributed by atoms with Gasteiger partial charge in [-0.1, -0.05) is 20.3 Å². The number of aromatic carboxylic acids is 1. The summed E-state index contributed by atoms with van der Waals surface area (Å²) in [6.45, 7) is 7.92. The summed E-state index contributed by atoms with van der Waals surface area (Å²) in [5.41, 5.74) is 1.67. The SMILES string of the molecule is CCC(C)CN(CC)c1c(C(=O)O)cnc2c1cnn2C. The zero-order chi connectivity index (χ0) is 15.6. The van der Waals surface area contributed by atoms with Crippen molar-refractivity contribution in [2.45, 2.75) is 27.2 Å². The van der Waals surface area contributed by atoms with Gasteiger partial charge in [0.2, 0.25) is 0 Å². The maximum atomic E-state index is 11.6. The molecule has 0 saturated heterocycles. The molecular weight excluding hydrogens is 268 g/mol. The molecule has 1 N–H and O–H groups in total. The number of carboxylic acids is 1. The lowest BCUT2D eigenvalue weighted by Crippen LogP contribution is -2.30. The number of carboxylic acid groups (broad SMARTS) is 1. The van der Waals surface area contributed by atoms with E-state index in [4.69, 9.17) is 0 Å². The third-order valence-electron chi connectivity index (χ3n) is 3.89. The molecule has 0 aliphatic carbocycles. The van der Waals surface area contributed by atoms with Gasteiger partial charge in [-0.3, -0.25) is 4.68 Å². The summed E-state index contributed by atoms with van der Waals surface area (Å²) in [5, 5.41) is 14.5. The molecule has 2 rings (SSSR count). The highest BCUT2D eigenvalue weighted by Crippen LogP contribution is 2.30. The minimum absolute atomic E-state index is 0.237. The lowest BCUT2D eigenvalue weighted by molar-refractivity contribution is 0.0697. The van der Waals surface area contributed by atoms with Gasteiger partial charge in [0.25, 0.3) is 0 Å². The first kappa shape index (κ1) is 15.3. The molecule has 6 heteroatoms. The predicted molar refractivity (Wildman–Crippen MR) is 82.8 cm³/mol. The van der Waals surface area contributed by atoms with Gasteiger partial charge >= 0.3 is 5.97 Å². The molecule has 0 bridgehead atoms. The number of aromatic nitrogens is 3. The first-order chi connectivity index (χ1) is 9.99. The van der Waals surface area contributed by atoms with Crippen LogP contribution in [0.1, 0.15) is 37.6 Å². The Balaban J connectivity index is 2.61. The second-order valence-electron chi connectivity index (χ2n) is 5.38. The minimum Gasteiger partial charge on any atom is -0.478 e. The zero-order valence-corrected chi connectivity index (χ0v) is 13.0. The quantitative estimate of drug-likeness (QED) is 0.885. The summed E-state index contributed by atoms with van der Waals surface area (Å²) in [5.74, 6) is -0.461. The minimum atomic E-state index is -0.953. The maximum Gasteiger partial charge on any atom is 0.339 e. The highest BCUT2D eigenvalue weighted by Gasteiger charge is 2.22. The summed E-state index contributed by atoms with van der Waals surface area (Å²) in [4.78, 5) is 17.9. The molecule has 1 atom stereocenters. The molecule has 0 radical (unpaired) electrons. The Hall–Kier alpha value is -2.11. The molecule has 0 aliphatic rings. The van der Waals surface area contributed by atoms with Gasteiger partial charge in [0.1, 0.15) is 5.56 Å². The van der Waals surface area contributed by atoms with E-state index in [-0.39, 0.29) is 5.56 Å². The monoisotopic (exact) mass is 290 g/mol. The van der Waals surface area contributed by atoms with Crippen LogP contribution in [-0.2, 0) is 7.05 Å². The summed E-state index contributed by atoms with van der Waals surface area (Å²) in [7, 11) is 1.81. The Morgan fingerprint density at radius 1 is 1.43 bits per heavy atom. The standard InChI is InChI=1S/C15H22N4O2/c1-5-10(3)9-19(6-2)13-11-8-17-18(4)14(11)16-7-12(13)15(20)21/h7-8,10H,5-6,9H2,1-4H3,(H,20,21). The van der Waals surface area contributed by atoms with Crippen molar-refractivity contribution in [3.05, 3.63) is 18.0 Å². The van der Waals surface area contributed by atoms with Gasteiger partial charge in [0.05, 0.1) is 17.3 Å². The molecule has 0 saturated carbocycles. The van der Waals surface area contributed by atoms with Crippen LogP contribution in [0, 0.1) is 5.92 Å². The van der Waals surface area contributed by atoms with Gasteiger partial charge in [0, 0.05) is 26.3 Å². The first-order valence-electron chi connectivity index (χ1n) is 7.28. The van der Waals surface area contributed by atoms with Gasteiger partial charge in [0.15, 0.2) is 5.65 Å². The van der Waals surface area contributed by atoms with Crippen molar-refractivity contribution in [1.82, 2.24) is 14.8 Å². The molecule has 0 aromatic carbocycles. The fourth-order valence-electron chi connectivity index (χ4n) is 2.46. The van der Waals surface area contributed by atoms with Gasteiger partial charge in [-0.05, 0) is 12.8 Å². The van der Waals surface area contributed by atoms with Crippen LogP contribution in [0.2, 0.25) is 0 Å². The highest BCUT2D eigenvalue weighted by molar-refractivity contribution is 6.03. The molecule has 0 fully saturated rings. The molecule has 21 heavy (non-hydrogen) atoms. The van der Waals surface area contributed by atoms with Crippen LogP contribution in [0.5, 0.6) is 0 Å². The summed E-state index contributed by atoms with van der Waals surface area (Å²) < 4.78 is 1.67.